The van der Waals surface area contributed by atoms with Gasteiger partial charge in [-0.15, -0.1) is 0 Å². The van der Waals surface area contributed by atoms with Gasteiger partial charge in [0.15, 0.2) is 0 Å². The molecule has 0 fully saturated rings. The zero-order chi connectivity index (χ0) is 13.1. The van der Waals surface area contributed by atoms with Gasteiger partial charge in [-0.25, -0.2) is 0 Å². The summed E-state index contributed by atoms with van der Waals surface area (Å²) in [6.45, 7) is 2.79. The molecular formula is C14H16O4. The van der Waals surface area contributed by atoms with E-state index in [2.05, 4.69) is 0 Å². The lowest BCUT2D eigenvalue weighted by Crippen LogP contribution is -2.16. The van der Waals surface area contributed by atoms with Crippen molar-refractivity contribution < 1.29 is 19.1 Å². The predicted molar refractivity (Wildman–Crippen MR) is 65.2 cm³/mol. The van der Waals surface area contributed by atoms with Crippen LogP contribution in [0, 0.1) is 0 Å². The van der Waals surface area contributed by atoms with Crippen molar-refractivity contribution in [3.63, 3.8) is 0 Å². The van der Waals surface area contributed by atoms with Crippen molar-refractivity contribution in [1.29, 1.82) is 0 Å². The number of benzene rings is 1. The lowest BCUT2D eigenvalue weighted by molar-refractivity contribution is -0.147. The van der Waals surface area contributed by atoms with E-state index in [9.17, 15) is 9.59 Å². The molecule has 0 amide bonds. The average Bonchev–Trinajstić information content (AvgIpc) is 2.29. The van der Waals surface area contributed by atoms with E-state index < -0.39 is 0 Å². The van der Waals surface area contributed by atoms with Crippen molar-refractivity contribution in [3.05, 3.63) is 29.3 Å². The van der Waals surface area contributed by atoms with Gasteiger partial charge in [-0.1, -0.05) is 12.1 Å². The number of carbonyl (C=O) groups excluding carboxylic acids is 2. The summed E-state index contributed by atoms with van der Waals surface area (Å²) in [4.78, 5) is 22.1. The molecule has 1 atom stereocenters. The third-order valence-electron chi connectivity index (χ3n) is 2.97. The number of hydrogen-bond donors (Lipinski definition) is 0. The Kier molecular flexibility index (Phi) is 3.65. The Morgan fingerprint density at radius 2 is 2.00 bits per heavy atom. The molecule has 4 nitrogen and oxygen atoms in total. The molecule has 0 radical (unpaired) electrons. The SMILES string of the molecule is CC(=O)Oc1cccc2c1CCCC2OC(C)=O. The summed E-state index contributed by atoms with van der Waals surface area (Å²) in [5, 5.41) is 0. The zero-order valence-electron chi connectivity index (χ0n) is 10.6. The van der Waals surface area contributed by atoms with E-state index in [-0.39, 0.29) is 18.0 Å². The van der Waals surface area contributed by atoms with E-state index in [1.807, 2.05) is 12.1 Å². The molecule has 1 aliphatic carbocycles. The van der Waals surface area contributed by atoms with Crippen LogP contribution in [-0.4, -0.2) is 11.9 Å². The maximum absolute atomic E-state index is 11.1. The highest BCUT2D eigenvalue weighted by Gasteiger charge is 2.25. The van der Waals surface area contributed by atoms with Crippen LogP contribution in [-0.2, 0) is 20.7 Å². The minimum Gasteiger partial charge on any atom is -0.458 e. The van der Waals surface area contributed by atoms with Gasteiger partial charge in [-0.3, -0.25) is 9.59 Å². The summed E-state index contributed by atoms with van der Waals surface area (Å²) in [5.41, 5.74) is 1.93. The fourth-order valence-electron chi connectivity index (χ4n) is 2.34. The van der Waals surface area contributed by atoms with Crippen molar-refractivity contribution >= 4 is 11.9 Å². The van der Waals surface area contributed by atoms with E-state index in [1.165, 1.54) is 13.8 Å². The molecule has 96 valence electrons. The average molecular weight is 248 g/mol. The summed E-state index contributed by atoms with van der Waals surface area (Å²) >= 11 is 0. The molecule has 0 spiro atoms. The Morgan fingerprint density at radius 3 is 2.67 bits per heavy atom. The summed E-state index contributed by atoms with van der Waals surface area (Å²) in [6, 6.07) is 5.52. The normalized spacial score (nSPS) is 17.8. The Hall–Kier alpha value is -1.84. The summed E-state index contributed by atoms with van der Waals surface area (Å²) < 4.78 is 10.5. The van der Waals surface area contributed by atoms with Crippen LogP contribution in [0.1, 0.15) is 43.9 Å². The van der Waals surface area contributed by atoms with Gasteiger partial charge in [-0.05, 0) is 30.9 Å². The van der Waals surface area contributed by atoms with Gasteiger partial charge in [-0.2, -0.15) is 0 Å². The molecule has 1 aliphatic rings. The van der Waals surface area contributed by atoms with E-state index in [0.717, 1.165) is 30.4 Å². The quantitative estimate of drug-likeness (QED) is 0.596. The monoisotopic (exact) mass is 248 g/mol. The Labute approximate surface area is 106 Å². The standard InChI is InChI=1S/C14H16O4/c1-9(15)17-13-7-3-6-12-11(13)5-4-8-14(12)18-10(2)16/h3,6-7,14H,4-5,8H2,1-2H3. The molecule has 0 aromatic heterocycles. The van der Waals surface area contributed by atoms with Crippen LogP contribution in [0.4, 0.5) is 0 Å². The highest BCUT2D eigenvalue weighted by Crippen LogP contribution is 2.37. The molecule has 1 unspecified atom stereocenters. The minimum absolute atomic E-state index is 0.221. The molecule has 2 rings (SSSR count). The van der Waals surface area contributed by atoms with Crippen LogP contribution in [0.5, 0.6) is 5.75 Å². The maximum atomic E-state index is 11.1. The van der Waals surface area contributed by atoms with Crippen LogP contribution in [0.15, 0.2) is 18.2 Å². The van der Waals surface area contributed by atoms with Crippen LogP contribution in [0.25, 0.3) is 0 Å². The first-order chi connectivity index (χ1) is 8.58. The summed E-state index contributed by atoms with van der Waals surface area (Å²) in [6.07, 6.45) is 2.36. The van der Waals surface area contributed by atoms with Gasteiger partial charge >= 0.3 is 11.9 Å². The highest BCUT2D eigenvalue weighted by molar-refractivity contribution is 5.70. The third kappa shape index (κ3) is 2.70. The van der Waals surface area contributed by atoms with Crippen molar-refractivity contribution in [3.8, 4) is 5.75 Å². The number of ether oxygens (including phenoxy) is 2. The van der Waals surface area contributed by atoms with Crippen molar-refractivity contribution in [1.82, 2.24) is 0 Å². The molecule has 4 heteroatoms. The largest absolute Gasteiger partial charge is 0.458 e. The third-order valence-corrected chi connectivity index (χ3v) is 2.97. The Bertz CT molecular complexity index is 479. The summed E-state index contributed by atoms with van der Waals surface area (Å²) in [7, 11) is 0. The van der Waals surface area contributed by atoms with Crippen LogP contribution in [0.3, 0.4) is 0 Å². The van der Waals surface area contributed by atoms with Gasteiger partial charge in [0, 0.05) is 19.4 Å². The topological polar surface area (TPSA) is 52.6 Å². The van der Waals surface area contributed by atoms with Crippen molar-refractivity contribution in [2.24, 2.45) is 0 Å². The lowest BCUT2D eigenvalue weighted by atomic mass is 9.88. The zero-order valence-corrected chi connectivity index (χ0v) is 10.6. The first kappa shape index (κ1) is 12.6. The second kappa shape index (κ2) is 5.21. The smallest absolute Gasteiger partial charge is 0.308 e. The van der Waals surface area contributed by atoms with Crippen molar-refractivity contribution in [2.75, 3.05) is 0 Å². The molecule has 18 heavy (non-hydrogen) atoms. The maximum Gasteiger partial charge on any atom is 0.308 e. The highest BCUT2D eigenvalue weighted by atomic mass is 16.5. The lowest BCUT2D eigenvalue weighted by Gasteiger charge is -2.26. The molecule has 1 aromatic rings. The first-order valence-corrected chi connectivity index (χ1v) is 6.05. The minimum atomic E-state index is -0.335. The molecule has 0 bridgehead atoms. The molecule has 0 N–H and O–H groups in total. The number of fused-ring (bicyclic) bond motifs is 1. The Balaban J connectivity index is 2.33. The van der Waals surface area contributed by atoms with Crippen LogP contribution >= 0.6 is 0 Å². The van der Waals surface area contributed by atoms with E-state index in [1.54, 1.807) is 6.07 Å². The number of esters is 2. The fraction of sp³-hybridized carbons (Fsp3) is 0.429. The van der Waals surface area contributed by atoms with Gasteiger partial charge < -0.3 is 9.47 Å². The number of rotatable bonds is 2. The molecule has 0 heterocycles. The fourth-order valence-corrected chi connectivity index (χ4v) is 2.34. The molecule has 0 saturated heterocycles. The number of hydrogen-bond acceptors (Lipinski definition) is 4. The molecule has 0 saturated carbocycles. The molecule has 1 aromatic carbocycles. The molecule has 0 aliphatic heterocycles. The van der Waals surface area contributed by atoms with Gasteiger partial charge in [0.1, 0.15) is 11.9 Å². The van der Waals surface area contributed by atoms with Gasteiger partial charge in [0.2, 0.25) is 0 Å². The van der Waals surface area contributed by atoms with Crippen molar-refractivity contribution in [2.45, 2.75) is 39.2 Å². The second-order valence-electron chi connectivity index (χ2n) is 4.41. The summed E-state index contributed by atoms with van der Waals surface area (Å²) in [5.74, 6) is -0.0411. The van der Waals surface area contributed by atoms with Crippen LogP contribution < -0.4 is 4.74 Å². The number of carbonyl (C=O) groups is 2. The van der Waals surface area contributed by atoms with E-state index in [0.29, 0.717) is 5.75 Å². The van der Waals surface area contributed by atoms with Gasteiger partial charge in [0.25, 0.3) is 0 Å². The second-order valence-corrected chi connectivity index (χ2v) is 4.41. The molecular weight excluding hydrogens is 232 g/mol. The Morgan fingerprint density at radius 1 is 1.22 bits per heavy atom. The van der Waals surface area contributed by atoms with E-state index in [4.69, 9.17) is 9.47 Å². The van der Waals surface area contributed by atoms with Gasteiger partial charge in [0.05, 0.1) is 0 Å². The predicted octanol–water partition coefficient (Wildman–Crippen LogP) is 2.55. The van der Waals surface area contributed by atoms with E-state index >= 15 is 0 Å². The first-order valence-electron chi connectivity index (χ1n) is 6.05. The van der Waals surface area contributed by atoms with Crippen LogP contribution in [0.2, 0.25) is 0 Å².